The molecule has 0 amide bonds. The lowest BCUT2D eigenvalue weighted by Crippen LogP contribution is -2.48. The van der Waals surface area contributed by atoms with E-state index in [9.17, 15) is 0 Å². The second-order valence-electron chi connectivity index (χ2n) is 4.27. The van der Waals surface area contributed by atoms with E-state index in [0.29, 0.717) is 19.1 Å². The first kappa shape index (κ1) is 11.4. The van der Waals surface area contributed by atoms with Crippen LogP contribution in [0.1, 0.15) is 5.56 Å². The monoisotopic (exact) mass is 246 g/mol. The number of pyridine rings is 2. The number of nitrogens with zero attached hydrogens (tertiary/aromatic N) is 2. The molecule has 94 valence electrons. The highest BCUT2D eigenvalue weighted by Gasteiger charge is 2.42. The van der Waals surface area contributed by atoms with Crippen LogP contribution in [0.2, 0.25) is 0 Å². The van der Waals surface area contributed by atoms with Crippen molar-refractivity contribution in [2.45, 2.75) is 5.60 Å². The Morgan fingerprint density at radius 1 is 1.22 bits per heavy atom. The molecule has 0 unspecified atom stereocenters. The summed E-state index contributed by atoms with van der Waals surface area (Å²) in [5.41, 5.74) is 2.24. The molecule has 1 fully saturated rings. The van der Waals surface area contributed by atoms with E-state index in [1.54, 1.807) is 26.5 Å². The molecule has 2 aromatic rings. The maximum atomic E-state index is 5.61. The number of fused-ring (bicyclic) bond motifs is 1. The zero-order valence-electron chi connectivity index (χ0n) is 10.3. The number of rotatable bonds is 3. The first-order valence-corrected chi connectivity index (χ1v) is 5.72. The molecule has 0 radical (unpaired) electrons. The lowest BCUT2D eigenvalue weighted by Gasteiger charge is -2.40. The van der Waals surface area contributed by atoms with Crippen molar-refractivity contribution in [1.82, 2.24) is 9.97 Å². The highest BCUT2D eigenvalue weighted by molar-refractivity contribution is 5.79. The summed E-state index contributed by atoms with van der Waals surface area (Å²) in [4.78, 5) is 8.78. The lowest BCUT2D eigenvalue weighted by atomic mass is 9.91. The quantitative estimate of drug-likeness (QED) is 0.821. The molecule has 18 heavy (non-hydrogen) atoms. The molecule has 1 aliphatic heterocycles. The van der Waals surface area contributed by atoms with Crippen LogP contribution in [-0.2, 0) is 15.1 Å². The van der Waals surface area contributed by atoms with Gasteiger partial charge in [0.25, 0.3) is 0 Å². The van der Waals surface area contributed by atoms with Gasteiger partial charge < -0.3 is 14.2 Å². The van der Waals surface area contributed by atoms with E-state index >= 15 is 0 Å². The number of hydrogen-bond donors (Lipinski definition) is 0. The van der Waals surface area contributed by atoms with Gasteiger partial charge in [0.15, 0.2) is 0 Å². The lowest BCUT2D eigenvalue weighted by molar-refractivity contribution is -0.201. The predicted octanol–water partition coefficient (Wildman–Crippen LogP) is 1.51. The van der Waals surface area contributed by atoms with Crippen LogP contribution >= 0.6 is 0 Å². The Labute approximate surface area is 105 Å². The molecule has 1 saturated heterocycles. The van der Waals surface area contributed by atoms with Crippen molar-refractivity contribution in [3.05, 3.63) is 30.0 Å². The standard InChI is InChI=1S/C13H14N2O3/c1-16-11-4-3-10-12(15-11)9(5-6-14-10)13(17-2)7-18-8-13/h3-6H,7-8H2,1-2H3. The minimum absolute atomic E-state index is 0.402. The molecule has 0 aromatic carbocycles. The van der Waals surface area contributed by atoms with Crippen LogP contribution in [0.3, 0.4) is 0 Å². The van der Waals surface area contributed by atoms with Crippen molar-refractivity contribution >= 4 is 11.0 Å². The van der Waals surface area contributed by atoms with Crippen molar-refractivity contribution in [1.29, 1.82) is 0 Å². The summed E-state index contributed by atoms with van der Waals surface area (Å²) >= 11 is 0. The minimum atomic E-state index is -0.402. The molecule has 5 nitrogen and oxygen atoms in total. The fraction of sp³-hybridized carbons (Fsp3) is 0.385. The van der Waals surface area contributed by atoms with Gasteiger partial charge in [0.1, 0.15) is 5.60 Å². The molecule has 1 aliphatic rings. The third-order valence-electron chi connectivity index (χ3n) is 3.32. The second kappa shape index (κ2) is 4.19. The van der Waals surface area contributed by atoms with E-state index in [-0.39, 0.29) is 0 Å². The molecule has 0 bridgehead atoms. The molecule has 3 heterocycles. The zero-order valence-corrected chi connectivity index (χ0v) is 10.3. The average molecular weight is 246 g/mol. The molecule has 0 N–H and O–H groups in total. The number of methoxy groups -OCH3 is 2. The van der Waals surface area contributed by atoms with Crippen molar-refractivity contribution in [2.24, 2.45) is 0 Å². The summed E-state index contributed by atoms with van der Waals surface area (Å²) in [5.74, 6) is 0.572. The Kier molecular flexibility index (Phi) is 2.65. The first-order valence-electron chi connectivity index (χ1n) is 5.72. The van der Waals surface area contributed by atoms with Gasteiger partial charge in [0, 0.05) is 24.9 Å². The van der Waals surface area contributed by atoms with Crippen molar-refractivity contribution in [2.75, 3.05) is 27.4 Å². The van der Waals surface area contributed by atoms with E-state index in [1.165, 1.54) is 0 Å². The van der Waals surface area contributed by atoms with Gasteiger partial charge >= 0.3 is 0 Å². The predicted molar refractivity (Wildman–Crippen MR) is 65.6 cm³/mol. The summed E-state index contributed by atoms with van der Waals surface area (Å²) in [6, 6.07) is 5.63. The number of ether oxygens (including phenoxy) is 3. The summed E-state index contributed by atoms with van der Waals surface area (Å²) in [6.07, 6.45) is 1.77. The molecule has 2 aromatic heterocycles. The first-order chi connectivity index (χ1) is 8.79. The summed E-state index contributed by atoms with van der Waals surface area (Å²) in [6.45, 7) is 1.09. The zero-order chi connectivity index (χ0) is 12.6. The van der Waals surface area contributed by atoms with Gasteiger partial charge in [-0.15, -0.1) is 0 Å². The number of aromatic nitrogens is 2. The van der Waals surface area contributed by atoms with Crippen LogP contribution in [0.4, 0.5) is 0 Å². The Hall–Kier alpha value is -1.72. The van der Waals surface area contributed by atoms with Gasteiger partial charge in [0.05, 0.1) is 31.4 Å². The van der Waals surface area contributed by atoms with E-state index in [4.69, 9.17) is 14.2 Å². The highest BCUT2D eigenvalue weighted by Crippen LogP contribution is 2.36. The Morgan fingerprint density at radius 3 is 2.67 bits per heavy atom. The molecule has 0 atom stereocenters. The number of hydrogen-bond acceptors (Lipinski definition) is 5. The van der Waals surface area contributed by atoms with E-state index in [1.807, 2.05) is 12.1 Å². The van der Waals surface area contributed by atoms with Crippen molar-refractivity contribution in [3.8, 4) is 5.88 Å². The fourth-order valence-electron chi connectivity index (χ4n) is 2.16. The smallest absolute Gasteiger partial charge is 0.213 e. The van der Waals surface area contributed by atoms with Crippen LogP contribution in [0.25, 0.3) is 11.0 Å². The SMILES string of the molecule is COc1ccc2nccc(C3(OC)COC3)c2n1. The summed E-state index contributed by atoms with van der Waals surface area (Å²) in [7, 11) is 3.29. The molecule has 0 saturated carbocycles. The van der Waals surface area contributed by atoms with E-state index in [2.05, 4.69) is 9.97 Å². The van der Waals surface area contributed by atoms with Crippen LogP contribution in [0, 0.1) is 0 Å². The normalized spacial score (nSPS) is 17.4. The van der Waals surface area contributed by atoms with Gasteiger partial charge in [-0.25, -0.2) is 4.98 Å². The van der Waals surface area contributed by atoms with Gasteiger partial charge in [-0.3, -0.25) is 4.98 Å². The minimum Gasteiger partial charge on any atom is -0.481 e. The molecule has 0 spiro atoms. The molecule has 5 heteroatoms. The van der Waals surface area contributed by atoms with Gasteiger partial charge in [0.2, 0.25) is 5.88 Å². The summed E-state index contributed by atoms with van der Waals surface area (Å²) in [5, 5.41) is 0. The Balaban J connectivity index is 2.21. The average Bonchev–Trinajstić information content (AvgIpc) is 2.38. The highest BCUT2D eigenvalue weighted by atomic mass is 16.6. The third-order valence-corrected chi connectivity index (χ3v) is 3.32. The maximum Gasteiger partial charge on any atom is 0.213 e. The molecular formula is C13H14N2O3. The third kappa shape index (κ3) is 1.55. The topological polar surface area (TPSA) is 53.5 Å². The van der Waals surface area contributed by atoms with Crippen LogP contribution in [-0.4, -0.2) is 37.4 Å². The van der Waals surface area contributed by atoms with Gasteiger partial charge in [-0.2, -0.15) is 0 Å². The largest absolute Gasteiger partial charge is 0.481 e. The molecule has 0 aliphatic carbocycles. The molecular weight excluding hydrogens is 232 g/mol. The summed E-state index contributed by atoms with van der Waals surface area (Å²) < 4.78 is 16.1. The van der Waals surface area contributed by atoms with E-state index in [0.717, 1.165) is 16.6 Å². The van der Waals surface area contributed by atoms with Crippen LogP contribution in [0.15, 0.2) is 24.4 Å². The van der Waals surface area contributed by atoms with Crippen LogP contribution in [0.5, 0.6) is 5.88 Å². The second-order valence-corrected chi connectivity index (χ2v) is 4.27. The molecule has 3 rings (SSSR count). The van der Waals surface area contributed by atoms with Gasteiger partial charge in [-0.1, -0.05) is 0 Å². The Bertz CT molecular complexity index is 576. The Morgan fingerprint density at radius 2 is 2.06 bits per heavy atom. The van der Waals surface area contributed by atoms with Crippen molar-refractivity contribution < 1.29 is 14.2 Å². The fourth-order valence-corrected chi connectivity index (χ4v) is 2.16. The maximum absolute atomic E-state index is 5.61. The van der Waals surface area contributed by atoms with E-state index < -0.39 is 5.60 Å². The van der Waals surface area contributed by atoms with Crippen LogP contribution < -0.4 is 4.74 Å². The van der Waals surface area contributed by atoms with Gasteiger partial charge in [-0.05, 0) is 12.1 Å². The van der Waals surface area contributed by atoms with Crippen molar-refractivity contribution in [3.63, 3.8) is 0 Å².